The summed E-state index contributed by atoms with van der Waals surface area (Å²) in [4.78, 5) is 0. The van der Waals surface area contributed by atoms with Gasteiger partial charge in [0.15, 0.2) is 0 Å². The summed E-state index contributed by atoms with van der Waals surface area (Å²) in [7, 11) is 0. The zero-order valence-corrected chi connectivity index (χ0v) is 8.22. The minimum atomic E-state index is -0.938. The average Bonchev–Trinajstić information content (AvgIpc) is 2.10. The van der Waals surface area contributed by atoms with Gasteiger partial charge in [-0.15, -0.1) is 0 Å². The Morgan fingerprint density at radius 2 is 1.93 bits per heavy atom. The number of aliphatic hydroxyl groups excluding tert-OH is 3. The topological polar surface area (TPSA) is 69.9 Å². The first-order chi connectivity index (χ1) is 6.70. The lowest BCUT2D eigenvalue weighted by atomic mass is 9.68. The Morgan fingerprint density at radius 1 is 1.21 bits per heavy atom. The molecule has 0 bridgehead atoms. The van der Waals surface area contributed by atoms with E-state index >= 15 is 0 Å². The van der Waals surface area contributed by atoms with Gasteiger partial charge in [-0.1, -0.05) is 6.42 Å². The second kappa shape index (κ2) is 3.77. The Kier molecular flexibility index (Phi) is 2.79. The maximum absolute atomic E-state index is 9.89. The maximum atomic E-state index is 9.89. The summed E-state index contributed by atoms with van der Waals surface area (Å²) in [5.74, 6) is 0.206. The van der Waals surface area contributed by atoms with Crippen molar-refractivity contribution in [1.29, 1.82) is 0 Å². The highest BCUT2D eigenvalue weighted by molar-refractivity contribution is 5.02. The molecule has 4 nitrogen and oxygen atoms in total. The minimum Gasteiger partial charge on any atom is -0.393 e. The van der Waals surface area contributed by atoms with Gasteiger partial charge >= 0.3 is 0 Å². The van der Waals surface area contributed by atoms with Crippen LogP contribution in [0, 0.1) is 5.92 Å². The molecule has 1 heterocycles. The summed E-state index contributed by atoms with van der Waals surface area (Å²) >= 11 is 0. The lowest BCUT2D eigenvalue weighted by Gasteiger charge is -2.50. The molecule has 2 rings (SSSR count). The second-order valence-corrected chi connectivity index (χ2v) is 4.39. The predicted molar refractivity (Wildman–Crippen MR) is 49.7 cm³/mol. The van der Waals surface area contributed by atoms with E-state index in [4.69, 9.17) is 4.74 Å². The zero-order valence-electron chi connectivity index (χ0n) is 8.22. The summed E-state index contributed by atoms with van der Waals surface area (Å²) in [5.41, 5.74) is -0.893. The normalized spacial score (nSPS) is 44.8. The largest absolute Gasteiger partial charge is 0.393 e. The minimum absolute atomic E-state index is 0.199. The van der Waals surface area contributed by atoms with Gasteiger partial charge in [0, 0.05) is 0 Å². The lowest BCUT2D eigenvalue weighted by Crippen LogP contribution is -2.62. The van der Waals surface area contributed by atoms with Gasteiger partial charge in [-0.05, 0) is 25.2 Å². The van der Waals surface area contributed by atoms with Gasteiger partial charge in [-0.3, -0.25) is 0 Å². The summed E-state index contributed by atoms with van der Waals surface area (Å²) in [6.45, 7) is 0.227. The van der Waals surface area contributed by atoms with Crippen molar-refractivity contribution in [2.24, 2.45) is 5.92 Å². The van der Waals surface area contributed by atoms with Crippen LogP contribution in [-0.2, 0) is 4.74 Å². The molecular weight excluding hydrogens is 184 g/mol. The van der Waals surface area contributed by atoms with Gasteiger partial charge in [-0.25, -0.2) is 0 Å². The van der Waals surface area contributed by atoms with Gasteiger partial charge in [0.25, 0.3) is 0 Å². The molecule has 4 heteroatoms. The van der Waals surface area contributed by atoms with Crippen LogP contribution in [0.15, 0.2) is 0 Å². The molecule has 2 fully saturated rings. The van der Waals surface area contributed by atoms with E-state index in [9.17, 15) is 15.3 Å². The number of hydrogen-bond acceptors (Lipinski definition) is 4. The summed E-state index contributed by atoms with van der Waals surface area (Å²) < 4.78 is 5.54. The molecule has 1 saturated heterocycles. The van der Waals surface area contributed by atoms with Crippen LogP contribution in [-0.4, -0.2) is 46.3 Å². The van der Waals surface area contributed by atoms with E-state index in [1.54, 1.807) is 0 Å². The molecule has 0 aromatic heterocycles. The Morgan fingerprint density at radius 3 is 2.43 bits per heavy atom. The number of ether oxygens (including phenoxy) is 1. The van der Waals surface area contributed by atoms with E-state index in [2.05, 4.69) is 0 Å². The Balaban J connectivity index is 2.15. The Labute approximate surface area is 83.5 Å². The number of hydrogen-bond donors (Lipinski definition) is 3. The molecule has 0 amide bonds. The van der Waals surface area contributed by atoms with Gasteiger partial charge in [0.05, 0.1) is 19.3 Å². The molecule has 1 saturated carbocycles. The molecule has 2 aliphatic rings. The molecule has 14 heavy (non-hydrogen) atoms. The van der Waals surface area contributed by atoms with Crippen LogP contribution in [0.1, 0.15) is 25.7 Å². The first-order valence-electron chi connectivity index (χ1n) is 5.31. The first-order valence-corrected chi connectivity index (χ1v) is 5.31. The molecule has 0 radical (unpaired) electrons. The fourth-order valence-electron chi connectivity index (χ4n) is 2.46. The van der Waals surface area contributed by atoms with Crippen LogP contribution in [0.4, 0.5) is 0 Å². The van der Waals surface area contributed by atoms with Crippen LogP contribution in [0.2, 0.25) is 0 Å². The van der Waals surface area contributed by atoms with Crippen molar-refractivity contribution in [3.8, 4) is 0 Å². The van der Waals surface area contributed by atoms with Crippen molar-refractivity contribution < 1.29 is 20.1 Å². The van der Waals surface area contributed by atoms with Crippen molar-refractivity contribution in [3.05, 3.63) is 0 Å². The van der Waals surface area contributed by atoms with Gasteiger partial charge in [-0.2, -0.15) is 0 Å². The highest BCUT2D eigenvalue weighted by Crippen LogP contribution is 2.43. The SMILES string of the molecule is OC[C@]1(C2CCC2)OCC[C@@H](O)[C@H]1O. The van der Waals surface area contributed by atoms with E-state index in [1.165, 1.54) is 0 Å². The third-order valence-electron chi connectivity index (χ3n) is 3.69. The summed E-state index contributed by atoms with van der Waals surface area (Å²) in [5, 5.41) is 28.8. The molecular formula is C10H18O4. The van der Waals surface area contributed by atoms with Crippen LogP contribution in [0.25, 0.3) is 0 Å². The highest BCUT2D eigenvalue weighted by atomic mass is 16.5. The van der Waals surface area contributed by atoms with Crippen molar-refractivity contribution >= 4 is 0 Å². The van der Waals surface area contributed by atoms with E-state index < -0.39 is 17.8 Å². The van der Waals surface area contributed by atoms with E-state index in [0.717, 1.165) is 19.3 Å². The summed E-state index contributed by atoms with van der Waals surface area (Å²) in [6, 6.07) is 0. The number of aliphatic hydroxyl groups is 3. The molecule has 3 atom stereocenters. The quantitative estimate of drug-likeness (QED) is 0.573. The zero-order chi connectivity index (χ0) is 10.2. The van der Waals surface area contributed by atoms with E-state index in [0.29, 0.717) is 13.0 Å². The molecule has 0 unspecified atom stereocenters. The Hall–Kier alpha value is -0.160. The molecule has 82 valence electrons. The molecule has 0 aromatic carbocycles. The molecule has 0 aromatic rings. The monoisotopic (exact) mass is 202 g/mol. The van der Waals surface area contributed by atoms with Crippen LogP contribution >= 0.6 is 0 Å². The highest BCUT2D eigenvalue weighted by Gasteiger charge is 2.52. The lowest BCUT2D eigenvalue weighted by molar-refractivity contribution is -0.245. The molecule has 1 aliphatic carbocycles. The standard InChI is InChI=1S/C10H18O4/c11-6-10(7-2-1-3-7)9(13)8(12)4-5-14-10/h7-9,11-13H,1-6H2/t8-,9-,10-/m1/s1. The first kappa shape index (κ1) is 10.4. The van der Waals surface area contributed by atoms with Gasteiger partial charge in [0.2, 0.25) is 0 Å². The molecule has 0 spiro atoms. The van der Waals surface area contributed by atoms with Crippen LogP contribution < -0.4 is 0 Å². The average molecular weight is 202 g/mol. The van der Waals surface area contributed by atoms with E-state index in [1.807, 2.05) is 0 Å². The van der Waals surface area contributed by atoms with Crippen LogP contribution in [0.5, 0.6) is 0 Å². The second-order valence-electron chi connectivity index (χ2n) is 4.39. The molecule has 1 aliphatic heterocycles. The smallest absolute Gasteiger partial charge is 0.122 e. The van der Waals surface area contributed by atoms with E-state index in [-0.39, 0.29) is 12.5 Å². The number of rotatable bonds is 2. The fourth-order valence-corrected chi connectivity index (χ4v) is 2.46. The Bertz CT molecular complexity index is 204. The van der Waals surface area contributed by atoms with Crippen molar-refractivity contribution in [3.63, 3.8) is 0 Å². The molecule has 3 N–H and O–H groups in total. The maximum Gasteiger partial charge on any atom is 0.122 e. The van der Waals surface area contributed by atoms with Gasteiger partial charge < -0.3 is 20.1 Å². The third-order valence-corrected chi connectivity index (χ3v) is 3.69. The van der Waals surface area contributed by atoms with Gasteiger partial charge in [0.1, 0.15) is 11.7 Å². The van der Waals surface area contributed by atoms with Crippen molar-refractivity contribution in [2.45, 2.75) is 43.5 Å². The van der Waals surface area contributed by atoms with Crippen molar-refractivity contribution in [2.75, 3.05) is 13.2 Å². The van der Waals surface area contributed by atoms with Crippen LogP contribution in [0.3, 0.4) is 0 Å². The summed E-state index contributed by atoms with van der Waals surface area (Å²) in [6.07, 6.45) is 1.84. The van der Waals surface area contributed by atoms with Crippen molar-refractivity contribution in [1.82, 2.24) is 0 Å². The third kappa shape index (κ3) is 1.37. The predicted octanol–water partition coefficient (Wildman–Crippen LogP) is -0.340. The fraction of sp³-hybridized carbons (Fsp3) is 1.00.